The Bertz CT molecular complexity index is 344. The SMILES string of the molecule is C.CN(C)C(=O)c1ccc(C(C)(C)C)cc1. The molecule has 0 radical (unpaired) electrons. The third kappa shape index (κ3) is 3.37. The lowest BCUT2D eigenvalue weighted by Gasteiger charge is -2.19. The van der Waals surface area contributed by atoms with E-state index in [0.29, 0.717) is 0 Å². The van der Waals surface area contributed by atoms with Crippen LogP contribution in [-0.4, -0.2) is 24.9 Å². The normalized spacial score (nSPS) is 10.6. The van der Waals surface area contributed by atoms with Gasteiger partial charge in [0.2, 0.25) is 0 Å². The zero-order valence-corrected chi connectivity index (χ0v) is 10.2. The second-order valence-electron chi connectivity index (χ2n) is 5.03. The molecule has 0 spiro atoms. The summed E-state index contributed by atoms with van der Waals surface area (Å²) in [5, 5.41) is 0. The predicted octanol–water partition coefficient (Wildman–Crippen LogP) is 3.32. The van der Waals surface area contributed by atoms with Crippen molar-refractivity contribution in [1.29, 1.82) is 0 Å². The maximum Gasteiger partial charge on any atom is 0.253 e. The Kier molecular flexibility index (Phi) is 4.73. The highest BCUT2D eigenvalue weighted by molar-refractivity contribution is 5.93. The number of rotatable bonds is 1. The largest absolute Gasteiger partial charge is 0.345 e. The minimum absolute atomic E-state index is 0. The van der Waals surface area contributed by atoms with E-state index < -0.39 is 0 Å². The van der Waals surface area contributed by atoms with Crippen molar-refractivity contribution in [1.82, 2.24) is 4.90 Å². The number of carbonyl (C=O) groups is 1. The van der Waals surface area contributed by atoms with Crippen LogP contribution in [0.1, 0.15) is 44.1 Å². The van der Waals surface area contributed by atoms with Gasteiger partial charge in [-0.3, -0.25) is 4.79 Å². The van der Waals surface area contributed by atoms with Crippen molar-refractivity contribution in [2.75, 3.05) is 14.1 Å². The van der Waals surface area contributed by atoms with Gasteiger partial charge in [-0.05, 0) is 23.1 Å². The molecule has 2 nitrogen and oxygen atoms in total. The van der Waals surface area contributed by atoms with E-state index in [0.717, 1.165) is 5.56 Å². The topological polar surface area (TPSA) is 20.3 Å². The Labute approximate surface area is 99.3 Å². The van der Waals surface area contributed by atoms with Crippen LogP contribution in [0.2, 0.25) is 0 Å². The van der Waals surface area contributed by atoms with Crippen molar-refractivity contribution < 1.29 is 4.79 Å². The molecule has 0 saturated carbocycles. The Morgan fingerprint density at radius 1 is 1.06 bits per heavy atom. The standard InChI is InChI=1S/C13H19NO.CH4/c1-13(2,3)11-8-6-10(7-9-11)12(15)14(4)5;/h6-9H,1-5H3;1H4. The molecule has 2 heteroatoms. The van der Waals surface area contributed by atoms with Crippen LogP contribution < -0.4 is 0 Å². The van der Waals surface area contributed by atoms with Gasteiger partial charge in [-0.25, -0.2) is 0 Å². The summed E-state index contributed by atoms with van der Waals surface area (Å²) in [6.45, 7) is 6.49. The number of benzene rings is 1. The minimum Gasteiger partial charge on any atom is -0.345 e. The van der Waals surface area contributed by atoms with Gasteiger partial charge >= 0.3 is 0 Å². The summed E-state index contributed by atoms with van der Waals surface area (Å²) in [5.41, 5.74) is 2.13. The highest BCUT2D eigenvalue weighted by atomic mass is 16.2. The first-order valence-corrected chi connectivity index (χ1v) is 5.14. The van der Waals surface area contributed by atoms with Crippen molar-refractivity contribution in [2.45, 2.75) is 33.6 Å². The maximum atomic E-state index is 11.6. The average Bonchev–Trinajstić information content (AvgIpc) is 2.15. The molecule has 16 heavy (non-hydrogen) atoms. The van der Waals surface area contributed by atoms with E-state index in [1.54, 1.807) is 19.0 Å². The van der Waals surface area contributed by atoms with Crippen LogP contribution in [0.4, 0.5) is 0 Å². The second-order valence-corrected chi connectivity index (χ2v) is 5.03. The van der Waals surface area contributed by atoms with E-state index in [-0.39, 0.29) is 18.7 Å². The van der Waals surface area contributed by atoms with E-state index >= 15 is 0 Å². The molecular weight excluding hydrogens is 198 g/mol. The molecule has 1 amide bonds. The Balaban J connectivity index is 0.00000225. The van der Waals surface area contributed by atoms with Gasteiger partial charge in [0.25, 0.3) is 5.91 Å². The fourth-order valence-corrected chi connectivity index (χ4v) is 1.37. The van der Waals surface area contributed by atoms with Gasteiger partial charge in [0.05, 0.1) is 0 Å². The van der Waals surface area contributed by atoms with Gasteiger partial charge in [0, 0.05) is 19.7 Å². The second kappa shape index (κ2) is 5.15. The Morgan fingerprint density at radius 3 is 1.81 bits per heavy atom. The van der Waals surface area contributed by atoms with Crippen LogP contribution in [0.3, 0.4) is 0 Å². The molecule has 0 unspecified atom stereocenters. The molecule has 0 N–H and O–H groups in total. The molecule has 1 aromatic rings. The first-order valence-electron chi connectivity index (χ1n) is 5.14. The highest BCUT2D eigenvalue weighted by Crippen LogP contribution is 2.22. The molecule has 0 fully saturated rings. The molecule has 0 bridgehead atoms. The zero-order valence-electron chi connectivity index (χ0n) is 10.2. The molecule has 90 valence electrons. The predicted molar refractivity (Wildman–Crippen MR) is 69.9 cm³/mol. The molecule has 1 rings (SSSR count). The number of amides is 1. The molecule has 0 aliphatic heterocycles. The van der Waals surface area contributed by atoms with Crippen LogP contribution in [0.25, 0.3) is 0 Å². The molecule has 0 aromatic heterocycles. The van der Waals surface area contributed by atoms with Crippen LogP contribution >= 0.6 is 0 Å². The smallest absolute Gasteiger partial charge is 0.253 e. The first-order chi connectivity index (χ1) is 6.82. The first kappa shape index (κ1) is 14.7. The van der Waals surface area contributed by atoms with Crippen LogP contribution in [0.5, 0.6) is 0 Å². The number of carbonyl (C=O) groups excluding carboxylic acids is 1. The summed E-state index contributed by atoms with van der Waals surface area (Å²) >= 11 is 0. The lowest BCUT2D eigenvalue weighted by Crippen LogP contribution is -2.21. The van der Waals surface area contributed by atoms with E-state index in [1.165, 1.54) is 5.56 Å². The van der Waals surface area contributed by atoms with Gasteiger partial charge in [0.1, 0.15) is 0 Å². The van der Waals surface area contributed by atoms with Gasteiger partial charge in [-0.15, -0.1) is 0 Å². The van der Waals surface area contributed by atoms with Gasteiger partial charge in [-0.2, -0.15) is 0 Å². The molecule has 0 aliphatic rings. The minimum atomic E-state index is 0. The molecule has 0 atom stereocenters. The van der Waals surface area contributed by atoms with Gasteiger partial charge in [-0.1, -0.05) is 40.3 Å². The number of hydrogen-bond acceptors (Lipinski definition) is 1. The van der Waals surface area contributed by atoms with Crippen molar-refractivity contribution in [3.05, 3.63) is 35.4 Å². The van der Waals surface area contributed by atoms with Crippen molar-refractivity contribution >= 4 is 5.91 Å². The lowest BCUT2D eigenvalue weighted by molar-refractivity contribution is 0.0827. The van der Waals surface area contributed by atoms with E-state index in [9.17, 15) is 4.79 Å². The van der Waals surface area contributed by atoms with Crippen molar-refractivity contribution in [3.8, 4) is 0 Å². The fraction of sp³-hybridized carbons (Fsp3) is 0.500. The van der Waals surface area contributed by atoms with Crippen LogP contribution in [0, 0.1) is 0 Å². The van der Waals surface area contributed by atoms with Crippen molar-refractivity contribution in [3.63, 3.8) is 0 Å². The Morgan fingerprint density at radius 2 is 1.50 bits per heavy atom. The zero-order chi connectivity index (χ0) is 11.6. The van der Waals surface area contributed by atoms with Crippen LogP contribution in [-0.2, 0) is 5.41 Å². The molecule has 1 aromatic carbocycles. The van der Waals surface area contributed by atoms with E-state index in [1.807, 2.05) is 24.3 Å². The third-order valence-electron chi connectivity index (χ3n) is 2.40. The lowest BCUT2D eigenvalue weighted by atomic mass is 9.86. The summed E-state index contributed by atoms with van der Waals surface area (Å²) in [7, 11) is 3.53. The van der Waals surface area contributed by atoms with Gasteiger partial charge in [0.15, 0.2) is 0 Å². The van der Waals surface area contributed by atoms with E-state index in [2.05, 4.69) is 20.8 Å². The summed E-state index contributed by atoms with van der Waals surface area (Å²) in [4.78, 5) is 13.2. The highest BCUT2D eigenvalue weighted by Gasteiger charge is 2.14. The molecule has 0 aliphatic carbocycles. The van der Waals surface area contributed by atoms with Gasteiger partial charge < -0.3 is 4.90 Å². The molecule has 0 heterocycles. The quantitative estimate of drug-likeness (QED) is 0.712. The summed E-state index contributed by atoms with van der Waals surface area (Å²) in [6.07, 6.45) is 0. The molecule has 0 saturated heterocycles. The monoisotopic (exact) mass is 221 g/mol. The van der Waals surface area contributed by atoms with Crippen LogP contribution in [0.15, 0.2) is 24.3 Å². The number of hydrogen-bond donors (Lipinski definition) is 0. The fourth-order valence-electron chi connectivity index (χ4n) is 1.37. The third-order valence-corrected chi connectivity index (χ3v) is 2.40. The number of nitrogens with zero attached hydrogens (tertiary/aromatic N) is 1. The average molecular weight is 221 g/mol. The Hall–Kier alpha value is -1.31. The van der Waals surface area contributed by atoms with E-state index in [4.69, 9.17) is 0 Å². The van der Waals surface area contributed by atoms with Crippen molar-refractivity contribution in [2.24, 2.45) is 0 Å². The summed E-state index contributed by atoms with van der Waals surface area (Å²) < 4.78 is 0. The summed E-state index contributed by atoms with van der Waals surface area (Å²) in [6, 6.07) is 7.83. The summed E-state index contributed by atoms with van der Waals surface area (Å²) in [5.74, 6) is 0.0514. The maximum absolute atomic E-state index is 11.6. The molecular formula is C14H23NO.